The van der Waals surface area contributed by atoms with E-state index in [0.717, 1.165) is 38.5 Å². The van der Waals surface area contributed by atoms with Crippen LogP contribution in [0.15, 0.2) is 0 Å². The maximum Gasteiger partial charge on any atom is 0.321 e. The molecule has 6 unspecified atom stereocenters. The SMILES string of the molecule is CC1(C)C[C@@H]2CCCNC3CCCC(N3)SNCC3CCC(N4CCN(C5CCCCC5)C4=O)NC3N1C2. The number of nitrogens with one attached hydrogen (secondary N) is 4. The van der Waals surface area contributed by atoms with Crippen LogP contribution in [0.1, 0.15) is 97.3 Å². The second kappa shape index (κ2) is 12.1. The van der Waals surface area contributed by atoms with Crippen molar-refractivity contribution in [3.8, 4) is 0 Å². The van der Waals surface area contributed by atoms with Gasteiger partial charge in [-0.05, 0) is 90.5 Å². The molecule has 0 spiro atoms. The Labute approximate surface area is 235 Å². The third-order valence-corrected chi connectivity index (χ3v) is 11.5. The fraction of sp³-hybridized carbons (Fsp3) is 0.966. The van der Waals surface area contributed by atoms with Gasteiger partial charge in [-0.1, -0.05) is 31.2 Å². The Balaban J connectivity index is 1.16. The highest BCUT2D eigenvalue weighted by atomic mass is 32.2. The standard InChI is InChI=1S/C29H53N7OS/c1-29(2)18-21-8-7-15-30-24-11-6-12-26(32-24)38-31-19-22-13-14-25(33-27(22)36(29)20-21)35-17-16-34(28(35)37)23-9-4-3-5-10-23/h21-27,30-33H,3-20H2,1-2H3/t21-,22?,24?,25?,26?,27?/m0/s1. The minimum Gasteiger partial charge on any atom is -0.320 e. The summed E-state index contributed by atoms with van der Waals surface area (Å²) < 4.78 is 3.81. The molecule has 0 aromatic rings. The summed E-state index contributed by atoms with van der Waals surface area (Å²) in [5.41, 5.74) is 0.182. The van der Waals surface area contributed by atoms with Crippen LogP contribution in [0.5, 0.6) is 0 Å². The zero-order valence-electron chi connectivity index (χ0n) is 23.9. The molecule has 0 aromatic carbocycles. The van der Waals surface area contributed by atoms with Crippen molar-refractivity contribution >= 4 is 18.0 Å². The largest absolute Gasteiger partial charge is 0.321 e. The molecule has 0 radical (unpaired) electrons. The van der Waals surface area contributed by atoms with Gasteiger partial charge in [-0.3, -0.25) is 20.3 Å². The fourth-order valence-electron chi connectivity index (χ4n) is 8.51. The maximum atomic E-state index is 13.6. The Morgan fingerprint density at radius 2 is 1.71 bits per heavy atom. The quantitative estimate of drug-likeness (QED) is 0.391. The van der Waals surface area contributed by atoms with Gasteiger partial charge in [-0.15, -0.1) is 0 Å². The molecule has 1 aliphatic carbocycles. The minimum atomic E-state index is 0.159. The lowest BCUT2D eigenvalue weighted by Crippen LogP contribution is -2.65. The Morgan fingerprint density at radius 1 is 0.868 bits per heavy atom. The van der Waals surface area contributed by atoms with Gasteiger partial charge in [0.2, 0.25) is 0 Å². The molecular formula is C29H53N7OS. The summed E-state index contributed by atoms with van der Waals surface area (Å²) in [6.07, 6.45) is 17.1. The summed E-state index contributed by atoms with van der Waals surface area (Å²) >= 11 is 1.91. The fourth-order valence-corrected chi connectivity index (χ4v) is 9.54. The van der Waals surface area contributed by atoms with E-state index in [1.54, 1.807) is 0 Å². The molecule has 0 aromatic heterocycles. The summed E-state index contributed by atoms with van der Waals surface area (Å²) in [4.78, 5) is 20.8. The predicted molar refractivity (Wildman–Crippen MR) is 155 cm³/mol. The third-order valence-electron chi connectivity index (χ3n) is 10.5. The molecule has 6 fully saturated rings. The topological polar surface area (TPSA) is 74.9 Å². The van der Waals surface area contributed by atoms with Crippen LogP contribution in [0.4, 0.5) is 4.79 Å². The van der Waals surface area contributed by atoms with Gasteiger partial charge in [0.25, 0.3) is 0 Å². The second-order valence-electron chi connectivity index (χ2n) is 13.7. The van der Waals surface area contributed by atoms with Gasteiger partial charge in [0, 0.05) is 43.7 Å². The number of hydrogen-bond acceptors (Lipinski definition) is 7. The van der Waals surface area contributed by atoms with Crippen molar-refractivity contribution in [1.82, 2.24) is 35.4 Å². The van der Waals surface area contributed by atoms with E-state index in [0.29, 0.717) is 35.7 Å². The van der Waals surface area contributed by atoms with E-state index in [1.807, 2.05) is 11.9 Å². The smallest absolute Gasteiger partial charge is 0.320 e. The number of rotatable bonds is 2. The van der Waals surface area contributed by atoms with Crippen LogP contribution in [0.3, 0.4) is 0 Å². The van der Waals surface area contributed by atoms with Gasteiger partial charge < -0.3 is 15.1 Å². The Hall–Kier alpha value is -0.580. The van der Waals surface area contributed by atoms with Gasteiger partial charge in [-0.2, -0.15) is 0 Å². The third kappa shape index (κ3) is 6.03. The predicted octanol–water partition coefficient (Wildman–Crippen LogP) is 3.86. The van der Waals surface area contributed by atoms with Crippen molar-refractivity contribution < 1.29 is 4.79 Å². The number of fused-ring (bicyclic) bond motifs is 6. The molecule has 8 nitrogen and oxygen atoms in total. The lowest BCUT2D eigenvalue weighted by Gasteiger charge is -2.48. The van der Waals surface area contributed by atoms with Crippen molar-refractivity contribution in [3.05, 3.63) is 0 Å². The van der Waals surface area contributed by atoms with E-state index in [4.69, 9.17) is 0 Å². The van der Waals surface area contributed by atoms with Gasteiger partial charge in [-0.25, -0.2) is 4.79 Å². The molecule has 6 rings (SSSR count). The second-order valence-corrected chi connectivity index (χ2v) is 14.8. The first kappa shape index (κ1) is 27.6. The molecule has 5 saturated heterocycles. The first-order valence-electron chi connectivity index (χ1n) is 16.0. The number of piperidine rings is 2. The number of nitrogens with zero attached hydrogens (tertiary/aromatic N) is 3. The van der Waals surface area contributed by atoms with E-state index in [-0.39, 0.29) is 11.7 Å². The van der Waals surface area contributed by atoms with Crippen molar-refractivity contribution in [3.63, 3.8) is 0 Å². The molecule has 5 aliphatic heterocycles. The number of carbonyl (C=O) groups excluding carboxylic acids is 1. The first-order chi connectivity index (χ1) is 18.5. The highest BCUT2D eigenvalue weighted by molar-refractivity contribution is 7.98. The zero-order chi connectivity index (χ0) is 26.1. The Kier molecular flexibility index (Phi) is 8.79. The number of urea groups is 1. The van der Waals surface area contributed by atoms with Crippen LogP contribution < -0.4 is 20.7 Å². The van der Waals surface area contributed by atoms with Gasteiger partial charge in [0.05, 0.1) is 23.9 Å². The van der Waals surface area contributed by atoms with Crippen LogP contribution >= 0.6 is 11.9 Å². The summed E-state index contributed by atoms with van der Waals surface area (Å²) in [5, 5.41) is 12.2. The molecule has 9 heteroatoms. The van der Waals surface area contributed by atoms with E-state index in [2.05, 4.69) is 49.2 Å². The lowest BCUT2D eigenvalue weighted by atomic mass is 9.90. The number of carbonyl (C=O) groups is 1. The Bertz CT molecular complexity index is 808. The molecule has 216 valence electrons. The van der Waals surface area contributed by atoms with Gasteiger partial charge in [0.1, 0.15) is 0 Å². The van der Waals surface area contributed by atoms with E-state index < -0.39 is 0 Å². The molecule has 6 aliphatic rings. The molecule has 5 heterocycles. The average Bonchev–Trinajstić information content (AvgIpc) is 3.45. The molecule has 4 bridgehead atoms. The van der Waals surface area contributed by atoms with Crippen LogP contribution in [0, 0.1) is 11.8 Å². The Morgan fingerprint density at radius 3 is 2.58 bits per heavy atom. The average molecular weight is 548 g/mol. The number of hydrogen-bond donors (Lipinski definition) is 4. The van der Waals surface area contributed by atoms with Crippen molar-refractivity contribution in [2.45, 2.75) is 133 Å². The van der Waals surface area contributed by atoms with Crippen molar-refractivity contribution in [2.24, 2.45) is 11.8 Å². The van der Waals surface area contributed by atoms with E-state index in [9.17, 15) is 4.79 Å². The van der Waals surface area contributed by atoms with E-state index in [1.165, 1.54) is 83.6 Å². The van der Waals surface area contributed by atoms with Crippen LogP contribution in [-0.4, -0.2) is 88.9 Å². The summed E-state index contributed by atoms with van der Waals surface area (Å²) in [7, 11) is 0. The highest BCUT2D eigenvalue weighted by Crippen LogP contribution is 2.40. The molecule has 7 atom stereocenters. The van der Waals surface area contributed by atoms with Gasteiger partial charge >= 0.3 is 6.03 Å². The van der Waals surface area contributed by atoms with Crippen LogP contribution in [0.25, 0.3) is 0 Å². The van der Waals surface area contributed by atoms with E-state index >= 15 is 0 Å². The van der Waals surface area contributed by atoms with Gasteiger partial charge in [0.15, 0.2) is 0 Å². The highest BCUT2D eigenvalue weighted by Gasteiger charge is 2.48. The monoisotopic (exact) mass is 547 g/mol. The summed E-state index contributed by atoms with van der Waals surface area (Å²) in [5.74, 6) is 1.30. The molecule has 4 N–H and O–H groups in total. The first-order valence-corrected chi connectivity index (χ1v) is 16.8. The van der Waals surface area contributed by atoms with Crippen LogP contribution in [-0.2, 0) is 0 Å². The molecule has 2 amide bonds. The maximum absolute atomic E-state index is 13.6. The summed E-state index contributed by atoms with van der Waals surface area (Å²) in [6, 6.07) is 0.765. The molecule has 38 heavy (non-hydrogen) atoms. The molecular weight excluding hydrogens is 494 g/mol. The summed E-state index contributed by atoms with van der Waals surface area (Å²) in [6.45, 7) is 10.0. The normalized spacial score (nSPS) is 41.4. The van der Waals surface area contributed by atoms with Crippen molar-refractivity contribution in [2.75, 3.05) is 32.7 Å². The number of amides is 2. The lowest BCUT2D eigenvalue weighted by molar-refractivity contribution is 0.000600. The molecule has 1 saturated carbocycles. The zero-order valence-corrected chi connectivity index (χ0v) is 24.7. The van der Waals surface area contributed by atoms with Crippen molar-refractivity contribution in [1.29, 1.82) is 0 Å². The van der Waals surface area contributed by atoms with Crippen LogP contribution in [0.2, 0.25) is 0 Å². The minimum absolute atomic E-state index is 0.159.